The zero-order chi connectivity index (χ0) is 17.5. The van der Waals surface area contributed by atoms with Crippen LogP contribution in [0.1, 0.15) is 36.5 Å². The Morgan fingerprint density at radius 1 is 1.17 bits per heavy atom. The number of carboxylic acids is 1. The van der Waals surface area contributed by atoms with Crippen LogP contribution in [-0.2, 0) is 9.59 Å². The Morgan fingerprint density at radius 3 is 2.33 bits per heavy atom. The number of benzene rings is 1. The van der Waals surface area contributed by atoms with E-state index in [1.807, 2.05) is 25.1 Å². The van der Waals surface area contributed by atoms with E-state index >= 15 is 0 Å². The molecule has 1 aromatic carbocycles. The molecule has 0 atom stereocenters. The van der Waals surface area contributed by atoms with Crippen molar-refractivity contribution in [2.45, 2.75) is 26.2 Å². The van der Waals surface area contributed by atoms with Crippen molar-refractivity contribution in [3.05, 3.63) is 35.9 Å². The lowest BCUT2D eigenvalue weighted by Gasteiger charge is -2.34. The molecule has 0 aliphatic carbocycles. The minimum atomic E-state index is -0.899. The summed E-state index contributed by atoms with van der Waals surface area (Å²) in [5, 5.41) is 8.77. The van der Waals surface area contributed by atoms with Crippen LogP contribution in [0, 0.1) is 5.92 Å². The number of rotatable bonds is 6. The molecule has 130 valence electrons. The number of carbonyl (C=O) groups is 3. The summed E-state index contributed by atoms with van der Waals surface area (Å²) in [6.07, 6.45) is 1.22. The van der Waals surface area contributed by atoms with Crippen LogP contribution >= 0.6 is 0 Å². The van der Waals surface area contributed by atoms with Crippen molar-refractivity contribution >= 4 is 17.8 Å². The van der Waals surface area contributed by atoms with Crippen LogP contribution in [0.4, 0.5) is 0 Å². The van der Waals surface area contributed by atoms with Crippen molar-refractivity contribution in [3.63, 3.8) is 0 Å². The van der Waals surface area contributed by atoms with Gasteiger partial charge in [-0.1, -0.05) is 18.2 Å². The summed E-state index contributed by atoms with van der Waals surface area (Å²) in [4.78, 5) is 39.0. The zero-order valence-corrected chi connectivity index (χ0v) is 14.0. The molecule has 6 nitrogen and oxygen atoms in total. The zero-order valence-electron chi connectivity index (χ0n) is 14.0. The van der Waals surface area contributed by atoms with Crippen molar-refractivity contribution < 1.29 is 19.5 Å². The number of likely N-dealkylation sites (tertiary alicyclic amines) is 1. The monoisotopic (exact) mass is 332 g/mol. The molecular weight excluding hydrogens is 308 g/mol. The predicted octanol–water partition coefficient (Wildman–Crippen LogP) is 1.86. The minimum absolute atomic E-state index is 0.000256. The molecule has 0 saturated carbocycles. The minimum Gasteiger partial charge on any atom is -0.481 e. The first-order valence-electron chi connectivity index (χ1n) is 8.37. The average Bonchev–Trinajstić information content (AvgIpc) is 2.62. The molecule has 1 N–H and O–H groups in total. The molecule has 6 heteroatoms. The number of piperidine rings is 1. The summed E-state index contributed by atoms with van der Waals surface area (Å²) >= 11 is 0. The van der Waals surface area contributed by atoms with Crippen molar-refractivity contribution in [1.82, 2.24) is 9.80 Å². The summed E-state index contributed by atoms with van der Waals surface area (Å²) in [6, 6.07) is 9.14. The lowest BCUT2D eigenvalue weighted by atomic mass is 9.94. The maximum absolute atomic E-state index is 12.5. The Balaban J connectivity index is 1.88. The summed E-state index contributed by atoms with van der Waals surface area (Å²) in [5.41, 5.74) is 0.666. The highest BCUT2D eigenvalue weighted by Gasteiger charge is 2.30. The van der Waals surface area contributed by atoms with Gasteiger partial charge in [0.1, 0.15) is 0 Å². The molecule has 1 aliphatic heterocycles. The van der Waals surface area contributed by atoms with Gasteiger partial charge in [0.25, 0.3) is 5.91 Å². The third-order valence-electron chi connectivity index (χ3n) is 4.44. The van der Waals surface area contributed by atoms with Gasteiger partial charge in [0.2, 0.25) is 5.91 Å². The van der Waals surface area contributed by atoms with Crippen LogP contribution in [0.5, 0.6) is 0 Å². The number of carboxylic acid groups (broad SMARTS) is 1. The van der Waals surface area contributed by atoms with E-state index in [9.17, 15) is 14.4 Å². The van der Waals surface area contributed by atoms with Crippen LogP contribution in [0.2, 0.25) is 0 Å². The third kappa shape index (κ3) is 4.57. The van der Waals surface area contributed by atoms with Gasteiger partial charge >= 0.3 is 5.97 Å². The second kappa shape index (κ2) is 8.47. The maximum atomic E-state index is 12.5. The lowest BCUT2D eigenvalue weighted by molar-refractivity contribution is -0.140. The number of aliphatic carboxylic acids is 1. The third-order valence-corrected chi connectivity index (χ3v) is 4.44. The van der Waals surface area contributed by atoms with Crippen LogP contribution in [-0.4, -0.2) is 58.9 Å². The second-order valence-corrected chi connectivity index (χ2v) is 5.99. The van der Waals surface area contributed by atoms with E-state index in [4.69, 9.17) is 5.11 Å². The van der Waals surface area contributed by atoms with E-state index in [1.54, 1.807) is 21.9 Å². The lowest BCUT2D eigenvalue weighted by Crippen LogP contribution is -2.44. The Hall–Kier alpha value is -2.37. The van der Waals surface area contributed by atoms with E-state index in [1.165, 1.54) is 0 Å². The highest BCUT2D eigenvalue weighted by Crippen LogP contribution is 2.21. The van der Waals surface area contributed by atoms with E-state index in [2.05, 4.69) is 0 Å². The van der Waals surface area contributed by atoms with Crippen LogP contribution in [0.25, 0.3) is 0 Å². The molecule has 1 aliphatic rings. The molecule has 2 amide bonds. The number of hydrogen-bond donors (Lipinski definition) is 1. The topological polar surface area (TPSA) is 77.9 Å². The Labute approximate surface area is 142 Å². The van der Waals surface area contributed by atoms with Crippen molar-refractivity contribution in [2.75, 3.05) is 26.2 Å². The molecule has 1 saturated heterocycles. The fourth-order valence-corrected chi connectivity index (χ4v) is 3.01. The molecule has 2 rings (SSSR count). The average molecular weight is 332 g/mol. The molecule has 24 heavy (non-hydrogen) atoms. The fourth-order valence-electron chi connectivity index (χ4n) is 3.01. The van der Waals surface area contributed by atoms with Gasteiger partial charge in [-0.2, -0.15) is 0 Å². The van der Waals surface area contributed by atoms with Crippen LogP contribution in [0.3, 0.4) is 0 Å². The number of carbonyl (C=O) groups excluding carboxylic acids is 2. The van der Waals surface area contributed by atoms with E-state index < -0.39 is 5.97 Å². The molecule has 0 aromatic heterocycles. The molecule has 1 aromatic rings. The van der Waals surface area contributed by atoms with Crippen molar-refractivity contribution in [2.24, 2.45) is 5.92 Å². The van der Waals surface area contributed by atoms with E-state index in [0.29, 0.717) is 38.0 Å². The van der Waals surface area contributed by atoms with Crippen LogP contribution in [0.15, 0.2) is 30.3 Å². The Morgan fingerprint density at radius 2 is 1.79 bits per heavy atom. The number of hydrogen-bond acceptors (Lipinski definition) is 3. The van der Waals surface area contributed by atoms with Gasteiger partial charge in [0.05, 0.1) is 6.42 Å². The Bertz CT molecular complexity index is 580. The van der Waals surface area contributed by atoms with Gasteiger partial charge in [-0.05, 0) is 31.9 Å². The van der Waals surface area contributed by atoms with Gasteiger partial charge in [-0.25, -0.2) is 0 Å². The highest BCUT2D eigenvalue weighted by atomic mass is 16.4. The van der Waals surface area contributed by atoms with E-state index in [0.717, 1.165) is 0 Å². The summed E-state index contributed by atoms with van der Waals surface area (Å²) in [5.74, 6) is -1.02. The quantitative estimate of drug-likeness (QED) is 0.862. The molecule has 0 radical (unpaired) electrons. The number of nitrogens with zero attached hydrogens (tertiary/aromatic N) is 2. The van der Waals surface area contributed by atoms with Crippen LogP contribution < -0.4 is 0 Å². The Kier molecular flexibility index (Phi) is 6.35. The maximum Gasteiger partial charge on any atom is 0.305 e. The molecule has 1 heterocycles. The van der Waals surface area contributed by atoms with Gasteiger partial charge in [0, 0.05) is 37.7 Å². The van der Waals surface area contributed by atoms with Gasteiger partial charge in [-0.3, -0.25) is 14.4 Å². The van der Waals surface area contributed by atoms with Gasteiger partial charge < -0.3 is 14.9 Å². The summed E-state index contributed by atoms with van der Waals surface area (Å²) < 4.78 is 0. The SMILES string of the molecule is CCN(CCC(=O)O)C(=O)C1CCN(C(=O)c2ccccc2)CC1. The number of amides is 2. The summed E-state index contributed by atoms with van der Waals surface area (Å²) in [6.45, 7) is 3.72. The molecule has 0 spiro atoms. The highest BCUT2D eigenvalue weighted by molar-refractivity contribution is 5.94. The van der Waals surface area contributed by atoms with Crippen molar-refractivity contribution in [3.8, 4) is 0 Å². The smallest absolute Gasteiger partial charge is 0.305 e. The van der Waals surface area contributed by atoms with Crippen molar-refractivity contribution in [1.29, 1.82) is 0 Å². The molecule has 0 unspecified atom stereocenters. The first-order chi connectivity index (χ1) is 11.5. The first kappa shape index (κ1) is 18.0. The summed E-state index contributed by atoms with van der Waals surface area (Å²) in [7, 11) is 0. The molecular formula is C18H24N2O4. The first-order valence-corrected chi connectivity index (χ1v) is 8.37. The van der Waals surface area contributed by atoms with Gasteiger partial charge in [0.15, 0.2) is 0 Å². The standard InChI is InChI=1S/C18H24N2O4/c1-2-19(13-10-16(21)22)17(23)15-8-11-20(12-9-15)18(24)14-6-4-3-5-7-14/h3-7,15H,2,8-13H2,1H3,(H,21,22). The second-order valence-electron chi connectivity index (χ2n) is 5.99. The fraction of sp³-hybridized carbons (Fsp3) is 0.500. The molecule has 0 bridgehead atoms. The predicted molar refractivity (Wildman–Crippen MR) is 89.6 cm³/mol. The van der Waals surface area contributed by atoms with E-state index in [-0.39, 0.29) is 30.7 Å². The molecule has 1 fully saturated rings. The normalized spacial score (nSPS) is 15.1. The van der Waals surface area contributed by atoms with Gasteiger partial charge in [-0.15, -0.1) is 0 Å². The largest absolute Gasteiger partial charge is 0.481 e.